The summed E-state index contributed by atoms with van der Waals surface area (Å²) in [4.78, 5) is 49.9. The van der Waals surface area contributed by atoms with E-state index in [4.69, 9.17) is 14.2 Å². The molecule has 49 heavy (non-hydrogen) atoms. The maximum atomic E-state index is 12.9. The minimum absolute atomic E-state index is 0.136. The van der Waals surface area contributed by atoms with E-state index in [1.54, 1.807) is 6.92 Å². The molecule has 270 valence electrons. The van der Waals surface area contributed by atoms with E-state index in [2.05, 4.69) is 0 Å². The quantitative estimate of drug-likeness (QED) is 0.200. The first-order valence-electron chi connectivity index (χ1n) is 15.2. The lowest BCUT2D eigenvalue weighted by Gasteiger charge is -2.38. The average molecular weight is 705 g/mol. The van der Waals surface area contributed by atoms with Gasteiger partial charge in [0.05, 0.1) is 56.4 Å². The van der Waals surface area contributed by atoms with E-state index in [-0.39, 0.29) is 38.3 Å². The summed E-state index contributed by atoms with van der Waals surface area (Å²) in [6.45, 7) is 3.51. The van der Waals surface area contributed by atoms with Crippen LogP contribution in [-0.4, -0.2) is 73.5 Å². The highest BCUT2D eigenvalue weighted by molar-refractivity contribution is 5.74. The summed E-state index contributed by atoms with van der Waals surface area (Å²) in [6.07, 6.45) is -8.99. The van der Waals surface area contributed by atoms with Crippen molar-refractivity contribution >= 4 is 24.1 Å². The lowest BCUT2D eigenvalue weighted by Crippen LogP contribution is -2.43. The number of esters is 1. The van der Waals surface area contributed by atoms with Crippen molar-refractivity contribution in [3.63, 3.8) is 0 Å². The molecule has 2 heterocycles. The number of nitrogens with zero attached hydrogens (tertiary/aromatic N) is 2. The van der Waals surface area contributed by atoms with Gasteiger partial charge in [-0.15, -0.1) is 0 Å². The number of halogens is 6. The molecule has 0 aromatic heterocycles. The van der Waals surface area contributed by atoms with Crippen LogP contribution >= 0.6 is 0 Å². The van der Waals surface area contributed by atoms with E-state index < -0.39 is 65.6 Å². The fourth-order valence-corrected chi connectivity index (χ4v) is 6.25. The molecule has 2 aliphatic heterocycles. The monoisotopic (exact) mass is 704 g/mol. The van der Waals surface area contributed by atoms with Gasteiger partial charge in [0, 0.05) is 13.1 Å². The molecule has 2 aromatic rings. The Morgan fingerprint density at radius 2 is 1.06 bits per heavy atom. The summed E-state index contributed by atoms with van der Waals surface area (Å²) in [5.41, 5.74) is 0.290. The molecule has 4 unspecified atom stereocenters. The molecule has 0 radical (unpaired) electrons. The van der Waals surface area contributed by atoms with Crippen LogP contribution in [0.2, 0.25) is 0 Å². The van der Waals surface area contributed by atoms with Crippen LogP contribution in [0.1, 0.15) is 71.1 Å². The predicted octanol–water partition coefficient (Wildman–Crippen LogP) is 7.32. The Morgan fingerprint density at radius 3 is 1.39 bits per heavy atom. The number of ether oxygens (including phenoxy) is 3. The molecule has 2 aromatic carbocycles. The number of methoxy groups -OCH3 is 3. The van der Waals surface area contributed by atoms with Crippen molar-refractivity contribution in [1.82, 2.24) is 9.80 Å². The minimum atomic E-state index is -4.46. The second kappa shape index (κ2) is 15.8. The van der Waals surface area contributed by atoms with Crippen LogP contribution in [0.25, 0.3) is 0 Å². The maximum Gasteiger partial charge on any atom is 0.416 e. The number of alkyl halides is 6. The molecule has 16 heteroatoms. The van der Waals surface area contributed by atoms with Crippen molar-refractivity contribution in [2.75, 3.05) is 34.4 Å². The highest BCUT2D eigenvalue weighted by Gasteiger charge is 2.40. The summed E-state index contributed by atoms with van der Waals surface area (Å²) in [5.74, 6) is -2.44. The molecule has 2 aliphatic rings. The Kier molecular flexibility index (Phi) is 12.6. The summed E-state index contributed by atoms with van der Waals surface area (Å²) in [5, 5.41) is 9.22. The van der Waals surface area contributed by atoms with E-state index >= 15 is 0 Å². The lowest BCUT2D eigenvalue weighted by molar-refractivity contribution is -0.148. The predicted molar refractivity (Wildman–Crippen MR) is 161 cm³/mol. The Bertz CT molecular complexity index is 1530. The Morgan fingerprint density at radius 1 is 0.673 bits per heavy atom. The van der Waals surface area contributed by atoms with Crippen LogP contribution < -0.4 is 0 Å². The third kappa shape index (κ3) is 9.35. The van der Waals surface area contributed by atoms with Gasteiger partial charge in [-0.1, -0.05) is 12.1 Å². The van der Waals surface area contributed by atoms with E-state index in [1.807, 2.05) is 0 Å². The molecule has 4 rings (SSSR count). The number of aryl methyl sites for hydroxylation is 2. The van der Waals surface area contributed by atoms with E-state index in [0.717, 1.165) is 24.3 Å². The largest absolute Gasteiger partial charge is 0.481 e. The first-order chi connectivity index (χ1) is 22.8. The smallest absolute Gasteiger partial charge is 0.416 e. The molecular weight excluding hydrogens is 666 g/mol. The number of carbonyl (C=O) groups is 4. The number of amides is 2. The van der Waals surface area contributed by atoms with Gasteiger partial charge in [-0.2, -0.15) is 26.3 Å². The van der Waals surface area contributed by atoms with Crippen LogP contribution in [-0.2, 0) is 36.2 Å². The van der Waals surface area contributed by atoms with Gasteiger partial charge in [-0.05, 0) is 86.1 Å². The van der Waals surface area contributed by atoms with Gasteiger partial charge >= 0.3 is 36.5 Å². The van der Waals surface area contributed by atoms with Crippen molar-refractivity contribution in [2.24, 2.45) is 11.8 Å². The van der Waals surface area contributed by atoms with Gasteiger partial charge < -0.3 is 29.1 Å². The first kappa shape index (κ1) is 38.9. The molecule has 0 spiro atoms. The van der Waals surface area contributed by atoms with Gasteiger partial charge in [0.1, 0.15) is 0 Å². The van der Waals surface area contributed by atoms with Gasteiger partial charge in [-0.25, -0.2) is 9.59 Å². The van der Waals surface area contributed by atoms with Crippen LogP contribution in [0.4, 0.5) is 35.9 Å². The van der Waals surface area contributed by atoms with Crippen molar-refractivity contribution in [1.29, 1.82) is 0 Å². The molecule has 0 aliphatic carbocycles. The number of aliphatic carboxylic acids is 1. The Balaban J connectivity index is 0.000000266. The molecule has 2 fully saturated rings. The summed E-state index contributed by atoms with van der Waals surface area (Å²) < 4.78 is 91.3. The maximum absolute atomic E-state index is 12.9. The number of hydrogen-bond donors (Lipinski definition) is 1. The highest BCUT2D eigenvalue weighted by Crippen LogP contribution is 2.40. The topological polar surface area (TPSA) is 123 Å². The summed E-state index contributed by atoms with van der Waals surface area (Å²) in [6, 6.07) is 5.48. The number of piperidine rings is 2. The van der Waals surface area contributed by atoms with Crippen molar-refractivity contribution in [2.45, 2.75) is 64.0 Å². The molecule has 0 bridgehead atoms. The molecular formula is C33H38F6N2O8. The third-order valence-electron chi connectivity index (χ3n) is 8.82. The molecule has 1 N–H and O–H groups in total. The normalized spacial score (nSPS) is 21.2. The second-order valence-corrected chi connectivity index (χ2v) is 11.8. The standard InChI is InChI=1S/C17H20F3NO4.C16H18F3NO4/c1-10-8-12(17(18,19)20)4-5-13(10)14-9-11(15(22)24-2)6-7-21(14)16(23)25-3;1-9-7-11(16(17,18)19)3-4-12(9)13-8-10(14(21)22)5-6-20(13)15(23)24-2/h4-5,8,11,14H,6-7,9H2,1-3H3;3-4,7,10,13H,5-6,8H2,1-2H3,(H,21,22). The SMILES string of the molecule is COC(=O)C1CCN(C(=O)OC)C(c2ccc(C(F)(F)F)cc2C)C1.COC(=O)N1CCC(C(=O)O)CC1c1ccc(C(F)(F)F)cc1C. The number of carbonyl (C=O) groups excluding carboxylic acids is 3. The molecule has 2 amide bonds. The number of rotatable bonds is 4. The molecule has 0 saturated carbocycles. The zero-order valence-electron chi connectivity index (χ0n) is 27.5. The molecule has 2 saturated heterocycles. The Labute approximate surface area is 278 Å². The molecule has 10 nitrogen and oxygen atoms in total. The number of likely N-dealkylation sites (tertiary alicyclic amines) is 2. The van der Waals surface area contributed by atoms with Crippen molar-refractivity contribution in [3.05, 3.63) is 69.8 Å². The summed E-state index contributed by atoms with van der Waals surface area (Å²) in [7, 11) is 3.74. The highest BCUT2D eigenvalue weighted by atomic mass is 19.4. The summed E-state index contributed by atoms with van der Waals surface area (Å²) >= 11 is 0. The zero-order chi connectivity index (χ0) is 36.8. The first-order valence-corrected chi connectivity index (χ1v) is 15.2. The van der Waals surface area contributed by atoms with Crippen molar-refractivity contribution < 1.29 is 64.8 Å². The Hall–Kier alpha value is -4.50. The van der Waals surface area contributed by atoms with E-state index in [1.165, 1.54) is 50.2 Å². The number of carboxylic acids is 1. The average Bonchev–Trinajstić information content (AvgIpc) is 3.06. The van der Waals surface area contributed by atoms with Crippen LogP contribution in [0, 0.1) is 25.7 Å². The fraction of sp³-hybridized carbons (Fsp3) is 0.515. The third-order valence-corrected chi connectivity index (χ3v) is 8.82. The number of hydrogen-bond acceptors (Lipinski definition) is 7. The van der Waals surface area contributed by atoms with E-state index in [0.29, 0.717) is 28.7 Å². The van der Waals surface area contributed by atoms with Crippen molar-refractivity contribution in [3.8, 4) is 0 Å². The number of benzene rings is 2. The zero-order valence-corrected chi connectivity index (χ0v) is 27.5. The van der Waals surface area contributed by atoms with E-state index in [9.17, 15) is 50.6 Å². The molecule has 4 atom stereocenters. The fourth-order valence-electron chi connectivity index (χ4n) is 6.25. The van der Waals surface area contributed by atoms with Gasteiger partial charge in [0.25, 0.3) is 0 Å². The minimum Gasteiger partial charge on any atom is -0.481 e. The number of carboxylic acid groups (broad SMARTS) is 1. The van der Waals surface area contributed by atoms with Crippen LogP contribution in [0.5, 0.6) is 0 Å². The van der Waals surface area contributed by atoms with Gasteiger partial charge in [0.2, 0.25) is 0 Å². The lowest BCUT2D eigenvalue weighted by atomic mass is 9.85. The second-order valence-electron chi connectivity index (χ2n) is 11.8. The van der Waals surface area contributed by atoms with Gasteiger partial charge in [0.15, 0.2) is 0 Å². The van der Waals surface area contributed by atoms with Crippen LogP contribution in [0.3, 0.4) is 0 Å². The van der Waals surface area contributed by atoms with Crippen LogP contribution in [0.15, 0.2) is 36.4 Å². The van der Waals surface area contributed by atoms with Gasteiger partial charge in [-0.3, -0.25) is 9.59 Å².